The molecule has 8 nitrogen and oxygen atoms in total. The first kappa shape index (κ1) is 22.6. The van der Waals surface area contributed by atoms with Gasteiger partial charge in [-0.15, -0.1) is 0 Å². The van der Waals surface area contributed by atoms with Gasteiger partial charge in [0.1, 0.15) is 5.02 Å². The fraction of sp³-hybridized carbons (Fsp3) is 0.571. The highest BCUT2D eigenvalue weighted by Crippen LogP contribution is 2.25. The Hall–Kier alpha value is -1.42. The van der Waals surface area contributed by atoms with Gasteiger partial charge in [0.2, 0.25) is 5.88 Å². The molecule has 0 radical (unpaired) electrons. The summed E-state index contributed by atoms with van der Waals surface area (Å²) < 4.78 is 28.5. The first-order valence-electron chi connectivity index (χ1n) is 7.45. The van der Waals surface area contributed by atoms with Crippen molar-refractivity contribution in [3.8, 4) is 5.88 Å². The molecule has 1 rings (SSSR count). The van der Waals surface area contributed by atoms with Gasteiger partial charge >= 0.3 is 0 Å². The van der Waals surface area contributed by atoms with E-state index in [0.29, 0.717) is 6.61 Å². The Kier molecular flexibility index (Phi) is 10.5. The Morgan fingerprint density at radius 1 is 1.38 bits per heavy atom. The Labute approximate surface area is 148 Å². The predicted octanol–water partition coefficient (Wildman–Crippen LogP) is 1.32. The van der Waals surface area contributed by atoms with Crippen LogP contribution < -0.4 is 19.9 Å². The number of nitrogens with one attached hydrogen (secondary N) is 2. The zero-order valence-corrected chi connectivity index (χ0v) is 15.9. The summed E-state index contributed by atoms with van der Waals surface area (Å²) in [5.41, 5.74) is -0.0792. The average molecular weight is 381 g/mol. The molecular weight excluding hydrogens is 356 g/mol. The van der Waals surface area contributed by atoms with Crippen LogP contribution in [0.15, 0.2) is 12.3 Å². The molecule has 1 heterocycles. The van der Waals surface area contributed by atoms with Gasteiger partial charge in [-0.05, 0) is 25.1 Å². The van der Waals surface area contributed by atoms with E-state index in [1.807, 2.05) is 13.8 Å². The van der Waals surface area contributed by atoms with Crippen LogP contribution >= 0.6 is 11.6 Å². The lowest BCUT2D eigenvalue weighted by Crippen LogP contribution is -2.36. The molecule has 0 aliphatic carbocycles. The summed E-state index contributed by atoms with van der Waals surface area (Å²) in [5, 5.41) is 7.76. The number of amides is 1. The molecule has 0 aliphatic rings. The molecule has 0 saturated carbocycles. The molecule has 0 atom stereocenters. The quantitative estimate of drug-likeness (QED) is 0.655. The standard InChI is InChI=1S/C10H14ClN3O4S.C4H11N/c1-6(2)5-18-10-8(11)7(3-4-13-10)9(15)14-19(12,16)17;1-3-5-4-2/h3-4,6H,5H2,1-2H3,(H,14,15)(H2,12,16,17);5H,3-4H2,1-2H3. The molecule has 0 aromatic carbocycles. The molecule has 138 valence electrons. The highest BCUT2D eigenvalue weighted by Gasteiger charge is 2.18. The van der Waals surface area contributed by atoms with Crippen molar-refractivity contribution in [2.75, 3.05) is 19.7 Å². The van der Waals surface area contributed by atoms with Crippen molar-refractivity contribution in [1.29, 1.82) is 0 Å². The molecule has 1 amide bonds. The first-order valence-corrected chi connectivity index (χ1v) is 9.37. The van der Waals surface area contributed by atoms with E-state index in [1.54, 1.807) is 4.72 Å². The van der Waals surface area contributed by atoms with Crippen molar-refractivity contribution >= 4 is 27.7 Å². The minimum atomic E-state index is -4.15. The van der Waals surface area contributed by atoms with E-state index in [4.69, 9.17) is 21.5 Å². The smallest absolute Gasteiger partial charge is 0.298 e. The summed E-state index contributed by atoms with van der Waals surface area (Å²) in [6.07, 6.45) is 1.29. The molecule has 10 heteroatoms. The monoisotopic (exact) mass is 380 g/mol. The van der Waals surface area contributed by atoms with Crippen LogP contribution in [0.25, 0.3) is 0 Å². The SMILES string of the molecule is CC(C)COc1nccc(C(=O)NS(N)(=O)=O)c1Cl.CCNCC. The third kappa shape index (κ3) is 9.66. The van der Waals surface area contributed by atoms with Crippen molar-refractivity contribution in [2.24, 2.45) is 11.1 Å². The van der Waals surface area contributed by atoms with E-state index in [0.717, 1.165) is 13.1 Å². The third-order valence-corrected chi connectivity index (χ3v) is 3.23. The van der Waals surface area contributed by atoms with Crippen LogP contribution in [0.5, 0.6) is 5.88 Å². The molecule has 24 heavy (non-hydrogen) atoms. The van der Waals surface area contributed by atoms with E-state index in [1.165, 1.54) is 12.3 Å². The van der Waals surface area contributed by atoms with Crippen LogP contribution in [-0.2, 0) is 10.2 Å². The lowest BCUT2D eigenvalue weighted by molar-refractivity contribution is 0.0981. The lowest BCUT2D eigenvalue weighted by atomic mass is 10.2. The molecule has 0 aliphatic heterocycles. The largest absolute Gasteiger partial charge is 0.476 e. The van der Waals surface area contributed by atoms with Crippen molar-refractivity contribution < 1.29 is 17.9 Å². The Balaban J connectivity index is 0.000000922. The molecule has 0 spiro atoms. The summed E-state index contributed by atoms with van der Waals surface area (Å²) in [6.45, 7) is 10.6. The van der Waals surface area contributed by atoms with Gasteiger partial charge in [0, 0.05) is 6.20 Å². The van der Waals surface area contributed by atoms with E-state index >= 15 is 0 Å². The normalized spacial score (nSPS) is 10.8. The Bertz CT molecular complexity index is 621. The maximum absolute atomic E-state index is 11.6. The lowest BCUT2D eigenvalue weighted by Gasteiger charge is -2.11. The number of carbonyl (C=O) groups excluding carboxylic acids is 1. The molecule has 0 bridgehead atoms. The van der Waals surface area contributed by atoms with Gasteiger partial charge in [0.05, 0.1) is 12.2 Å². The maximum Gasteiger partial charge on any atom is 0.298 e. The molecule has 0 unspecified atom stereocenters. The van der Waals surface area contributed by atoms with Gasteiger partial charge in [-0.2, -0.15) is 8.42 Å². The topological polar surface area (TPSA) is 123 Å². The fourth-order valence-corrected chi connectivity index (χ4v) is 2.00. The molecule has 1 aromatic rings. The predicted molar refractivity (Wildman–Crippen MR) is 94.4 cm³/mol. The number of ether oxygens (including phenoxy) is 1. The van der Waals surface area contributed by atoms with E-state index in [-0.39, 0.29) is 22.4 Å². The van der Waals surface area contributed by atoms with Crippen LogP contribution in [0.1, 0.15) is 38.1 Å². The van der Waals surface area contributed by atoms with Crippen molar-refractivity contribution in [3.05, 3.63) is 22.8 Å². The van der Waals surface area contributed by atoms with E-state index in [9.17, 15) is 13.2 Å². The second-order valence-electron chi connectivity index (χ2n) is 5.12. The molecule has 0 fully saturated rings. The fourth-order valence-electron chi connectivity index (χ4n) is 1.38. The van der Waals surface area contributed by atoms with Gasteiger partial charge in [0.25, 0.3) is 16.1 Å². The molecule has 1 aromatic heterocycles. The maximum atomic E-state index is 11.6. The Morgan fingerprint density at radius 3 is 2.38 bits per heavy atom. The van der Waals surface area contributed by atoms with Crippen LogP contribution in [0.2, 0.25) is 5.02 Å². The van der Waals surface area contributed by atoms with Crippen LogP contribution in [0, 0.1) is 5.92 Å². The second-order valence-corrected chi connectivity index (χ2v) is 6.79. The van der Waals surface area contributed by atoms with Crippen LogP contribution in [-0.4, -0.2) is 39.0 Å². The highest BCUT2D eigenvalue weighted by atomic mass is 35.5. The minimum absolute atomic E-state index is 0.0655. The zero-order valence-electron chi connectivity index (χ0n) is 14.3. The molecular formula is C14H25ClN4O4S. The Morgan fingerprint density at radius 2 is 1.96 bits per heavy atom. The third-order valence-electron chi connectivity index (χ3n) is 2.39. The van der Waals surface area contributed by atoms with Gasteiger partial charge in [-0.25, -0.2) is 14.8 Å². The number of pyridine rings is 1. The van der Waals surface area contributed by atoms with Crippen LogP contribution in [0.3, 0.4) is 0 Å². The summed E-state index contributed by atoms with van der Waals surface area (Å²) >= 11 is 5.93. The van der Waals surface area contributed by atoms with Gasteiger partial charge in [-0.1, -0.05) is 39.3 Å². The molecule has 0 saturated heterocycles. The number of halogens is 1. The minimum Gasteiger partial charge on any atom is -0.476 e. The van der Waals surface area contributed by atoms with E-state index < -0.39 is 16.1 Å². The summed E-state index contributed by atoms with van der Waals surface area (Å²) in [7, 11) is -4.15. The number of hydrogen-bond acceptors (Lipinski definition) is 6. The van der Waals surface area contributed by atoms with Crippen molar-refractivity contribution in [1.82, 2.24) is 15.0 Å². The summed E-state index contributed by atoms with van der Waals surface area (Å²) in [4.78, 5) is 15.5. The zero-order chi connectivity index (χ0) is 18.8. The second kappa shape index (κ2) is 11.2. The van der Waals surface area contributed by atoms with Gasteiger partial charge in [-0.3, -0.25) is 4.79 Å². The summed E-state index contributed by atoms with van der Waals surface area (Å²) in [6, 6.07) is 1.27. The number of nitrogens with two attached hydrogens (primary N) is 1. The number of hydrogen-bond donors (Lipinski definition) is 3. The number of nitrogens with zero attached hydrogens (tertiary/aromatic N) is 1. The number of aromatic nitrogens is 1. The average Bonchev–Trinajstić information content (AvgIpc) is 2.45. The highest BCUT2D eigenvalue weighted by molar-refractivity contribution is 7.87. The van der Waals surface area contributed by atoms with Crippen LogP contribution in [0.4, 0.5) is 0 Å². The number of carbonyl (C=O) groups is 1. The summed E-state index contributed by atoms with van der Waals surface area (Å²) in [5.74, 6) is -0.624. The van der Waals surface area contributed by atoms with Gasteiger partial charge < -0.3 is 10.1 Å². The van der Waals surface area contributed by atoms with Crippen molar-refractivity contribution in [2.45, 2.75) is 27.7 Å². The van der Waals surface area contributed by atoms with Crippen molar-refractivity contribution in [3.63, 3.8) is 0 Å². The van der Waals surface area contributed by atoms with E-state index in [2.05, 4.69) is 24.1 Å². The number of rotatable bonds is 7. The van der Waals surface area contributed by atoms with Gasteiger partial charge in [0.15, 0.2) is 0 Å². The first-order chi connectivity index (χ1) is 11.1. The molecule has 4 N–H and O–H groups in total.